The molecule has 0 bridgehead atoms. The van der Waals surface area contributed by atoms with Crippen molar-refractivity contribution in [1.29, 1.82) is 0 Å². The molecule has 1 fully saturated rings. The second-order valence-corrected chi connectivity index (χ2v) is 7.12. The molecule has 5 nitrogen and oxygen atoms in total. The van der Waals surface area contributed by atoms with E-state index in [9.17, 15) is 14.0 Å². The second kappa shape index (κ2) is 7.84. The van der Waals surface area contributed by atoms with E-state index in [4.69, 9.17) is 4.42 Å². The first-order valence-corrected chi connectivity index (χ1v) is 9.47. The van der Waals surface area contributed by atoms with E-state index in [0.29, 0.717) is 16.8 Å². The summed E-state index contributed by atoms with van der Waals surface area (Å²) in [5.41, 5.74) is 1.09. The number of anilines is 2. The lowest BCUT2D eigenvalue weighted by Gasteiger charge is -2.18. The Bertz CT molecular complexity index is 1070. The van der Waals surface area contributed by atoms with Gasteiger partial charge in [0.2, 0.25) is 5.91 Å². The Kier molecular flexibility index (Phi) is 5.10. The number of carbonyl (C=O) groups is 1. The maximum Gasteiger partial charge on any atom is 0.362 e. The zero-order valence-corrected chi connectivity index (χ0v) is 15.3. The van der Waals surface area contributed by atoms with Crippen molar-refractivity contribution in [2.75, 3.05) is 10.6 Å². The van der Waals surface area contributed by atoms with E-state index in [-0.39, 0.29) is 18.2 Å². The molecule has 0 unspecified atom stereocenters. The van der Waals surface area contributed by atoms with Crippen LogP contribution in [-0.4, -0.2) is 11.9 Å². The minimum absolute atomic E-state index is 0.0348. The molecule has 0 spiro atoms. The molecule has 1 aromatic heterocycles. The third-order valence-electron chi connectivity index (χ3n) is 5.03. The van der Waals surface area contributed by atoms with Crippen LogP contribution in [0.2, 0.25) is 0 Å². The Morgan fingerprint density at radius 3 is 2.64 bits per heavy atom. The lowest BCUT2D eigenvalue weighted by Crippen LogP contribution is -2.24. The van der Waals surface area contributed by atoms with Crippen molar-refractivity contribution in [3.05, 3.63) is 70.3 Å². The van der Waals surface area contributed by atoms with E-state index < -0.39 is 17.3 Å². The molecule has 6 heteroatoms. The summed E-state index contributed by atoms with van der Waals surface area (Å²) in [5, 5.41) is 6.87. The highest BCUT2D eigenvalue weighted by Crippen LogP contribution is 2.32. The van der Waals surface area contributed by atoms with E-state index in [0.717, 1.165) is 31.1 Å². The molecule has 1 saturated carbocycles. The first-order valence-electron chi connectivity index (χ1n) is 9.47. The number of amides is 1. The Hall–Kier alpha value is -3.15. The fourth-order valence-electron chi connectivity index (χ4n) is 3.70. The van der Waals surface area contributed by atoms with Gasteiger partial charge in [0.15, 0.2) is 5.69 Å². The van der Waals surface area contributed by atoms with Gasteiger partial charge in [-0.05, 0) is 42.7 Å². The van der Waals surface area contributed by atoms with Crippen LogP contribution >= 0.6 is 0 Å². The highest BCUT2D eigenvalue weighted by atomic mass is 19.1. The van der Waals surface area contributed by atoms with Gasteiger partial charge in [0.1, 0.15) is 11.4 Å². The Labute approximate surface area is 161 Å². The van der Waals surface area contributed by atoms with Crippen molar-refractivity contribution >= 4 is 28.3 Å². The number of fused-ring (bicyclic) bond motifs is 1. The maximum absolute atomic E-state index is 13.4. The minimum Gasteiger partial charge on any atom is -0.421 e. The summed E-state index contributed by atoms with van der Waals surface area (Å²) in [6.45, 7) is 0. The molecule has 3 aromatic rings. The largest absolute Gasteiger partial charge is 0.421 e. The third-order valence-corrected chi connectivity index (χ3v) is 5.03. The number of halogens is 1. The second-order valence-electron chi connectivity index (χ2n) is 7.12. The molecule has 1 aliphatic carbocycles. The average molecular weight is 380 g/mol. The topological polar surface area (TPSA) is 71.3 Å². The lowest BCUT2D eigenvalue weighted by molar-refractivity contribution is -0.115. The van der Waals surface area contributed by atoms with Gasteiger partial charge in [-0.1, -0.05) is 37.1 Å². The van der Waals surface area contributed by atoms with Gasteiger partial charge >= 0.3 is 5.63 Å². The van der Waals surface area contributed by atoms with Crippen LogP contribution in [0.1, 0.15) is 31.2 Å². The molecule has 28 heavy (non-hydrogen) atoms. The van der Waals surface area contributed by atoms with Gasteiger partial charge in [-0.15, -0.1) is 0 Å². The van der Waals surface area contributed by atoms with Gasteiger partial charge in [0, 0.05) is 11.4 Å². The summed E-state index contributed by atoms with van der Waals surface area (Å²) in [5.74, 6) is -0.804. The van der Waals surface area contributed by atoms with E-state index in [2.05, 4.69) is 10.6 Å². The van der Waals surface area contributed by atoms with Crippen molar-refractivity contribution in [2.24, 2.45) is 0 Å². The number of benzene rings is 2. The van der Waals surface area contributed by atoms with Crippen LogP contribution in [-0.2, 0) is 11.2 Å². The van der Waals surface area contributed by atoms with Crippen molar-refractivity contribution in [3.63, 3.8) is 0 Å². The average Bonchev–Trinajstić information content (AvgIpc) is 3.17. The number of hydrogen-bond donors (Lipinski definition) is 2. The van der Waals surface area contributed by atoms with E-state index in [1.54, 1.807) is 24.3 Å². The van der Waals surface area contributed by atoms with Gasteiger partial charge in [0.25, 0.3) is 0 Å². The van der Waals surface area contributed by atoms with Gasteiger partial charge < -0.3 is 15.1 Å². The van der Waals surface area contributed by atoms with Crippen molar-refractivity contribution in [3.8, 4) is 0 Å². The molecule has 0 saturated heterocycles. The zero-order chi connectivity index (χ0) is 19.5. The van der Waals surface area contributed by atoms with Crippen LogP contribution in [0.4, 0.5) is 15.8 Å². The smallest absolute Gasteiger partial charge is 0.362 e. The Morgan fingerprint density at radius 1 is 1.07 bits per heavy atom. The van der Waals surface area contributed by atoms with Crippen molar-refractivity contribution in [2.45, 2.75) is 38.1 Å². The quantitative estimate of drug-likeness (QED) is 0.641. The van der Waals surface area contributed by atoms with E-state index >= 15 is 0 Å². The van der Waals surface area contributed by atoms with Gasteiger partial charge in [0.05, 0.1) is 12.1 Å². The molecule has 1 amide bonds. The highest BCUT2D eigenvalue weighted by molar-refractivity contribution is 6.02. The molecule has 144 valence electrons. The SMILES string of the molecule is O=C(Cc1cccc(F)c1)Nc1c(NC2CCCC2)c2ccccc2oc1=O. The fourth-order valence-corrected chi connectivity index (χ4v) is 3.70. The van der Waals surface area contributed by atoms with Crippen LogP contribution in [0, 0.1) is 5.82 Å². The van der Waals surface area contributed by atoms with Gasteiger partial charge in [-0.2, -0.15) is 0 Å². The van der Waals surface area contributed by atoms with Crippen molar-refractivity contribution < 1.29 is 13.6 Å². The van der Waals surface area contributed by atoms with Gasteiger partial charge in [-0.25, -0.2) is 9.18 Å². The summed E-state index contributed by atoms with van der Waals surface area (Å²) in [4.78, 5) is 25.1. The number of nitrogens with one attached hydrogen (secondary N) is 2. The number of hydrogen-bond acceptors (Lipinski definition) is 4. The van der Waals surface area contributed by atoms with E-state index in [1.807, 2.05) is 12.1 Å². The molecule has 2 aromatic carbocycles. The van der Waals surface area contributed by atoms with Crippen LogP contribution in [0.25, 0.3) is 11.0 Å². The van der Waals surface area contributed by atoms with Gasteiger partial charge in [-0.3, -0.25) is 4.79 Å². The summed E-state index contributed by atoms with van der Waals surface area (Å²) in [6.07, 6.45) is 4.28. The normalized spacial score (nSPS) is 14.3. The maximum atomic E-state index is 13.4. The van der Waals surface area contributed by atoms with Crippen molar-refractivity contribution in [1.82, 2.24) is 0 Å². The zero-order valence-electron chi connectivity index (χ0n) is 15.3. The van der Waals surface area contributed by atoms with Crippen LogP contribution in [0.15, 0.2) is 57.7 Å². The monoisotopic (exact) mass is 380 g/mol. The Balaban J connectivity index is 1.67. The summed E-state index contributed by atoms with van der Waals surface area (Å²) >= 11 is 0. The highest BCUT2D eigenvalue weighted by Gasteiger charge is 2.21. The predicted octanol–water partition coefficient (Wildman–Crippen LogP) is 4.47. The van der Waals surface area contributed by atoms with Crippen LogP contribution in [0.3, 0.4) is 0 Å². The molecule has 1 heterocycles. The van der Waals surface area contributed by atoms with Crippen LogP contribution in [0.5, 0.6) is 0 Å². The Morgan fingerprint density at radius 2 is 1.86 bits per heavy atom. The molecule has 4 rings (SSSR count). The van der Waals surface area contributed by atoms with E-state index in [1.165, 1.54) is 12.1 Å². The molecule has 0 aliphatic heterocycles. The molecule has 1 aliphatic rings. The fraction of sp³-hybridized carbons (Fsp3) is 0.273. The first kappa shape index (κ1) is 18.2. The molecular formula is C22H21FN2O3. The summed E-state index contributed by atoms with van der Waals surface area (Å²) in [6, 6.07) is 13.4. The number of para-hydroxylation sites is 1. The number of carbonyl (C=O) groups excluding carboxylic acids is 1. The molecule has 0 radical (unpaired) electrons. The minimum atomic E-state index is -0.605. The predicted molar refractivity (Wildman–Crippen MR) is 107 cm³/mol. The number of rotatable bonds is 5. The molecule has 0 atom stereocenters. The first-order chi connectivity index (χ1) is 13.6. The summed E-state index contributed by atoms with van der Waals surface area (Å²) in [7, 11) is 0. The molecular weight excluding hydrogens is 359 g/mol. The summed E-state index contributed by atoms with van der Waals surface area (Å²) < 4.78 is 18.8. The third kappa shape index (κ3) is 3.91. The standard InChI is InChI=1S/C22H21FN2O3/c23-15-7-5-6-14(12-15)13-19(26)25-21-20(24-16-8-1-2-9-16)17-10-3-4-11-18(17)28-22(21)27/h3-7,10-12,16,24H,1-2,8-9,13H2,(H,25,26). The molecule has 2 N–H and O–H groups in total. The van der Waals surface area contributed by atoms with Crippen LogP contribution < -0.4 is 16.3 Å². The lowest BCUT2D eigenvalue weighted by atomic mass is 10.1.